The van der Waals surface area contributed by atoms with Crippen LogP contribution in [0.15, 0.2) is 59.1 Å². The van der Waals surface area contributed by atoms with E-state index in [0.29, 0.717) is 43.2 Å². The molecule has 6 heteroatoms. The summed E-state index contributed by atoms with van der Waals surface area (Å²) in [7, 11) is 0. The van der Waals surface area contributed by atoms with E-state index in [0.717, 1.165) is 22.6 Å². The van der Waals surface area contributed by atoms with Crippen LogP contribution in [0, 0.1) is 0 Å². The summed E-state index contributed by atoms with van der Waals surface area (Å²) in [5.41, 5.74) is 2.69. The number of rotatable bonds is 9. The van der Waals surface area contributed by atoms with E-state index in [1.54, 1.807) is 0 Å². The second-order valence-electron chi connectivity index (χ2n) is 6.36. The number of carbonyl (C=O) groups is 1. The van der Waals surface area contributed by atoms with Gasteiger partial charge in [-0.15, -0.1) is 0 Å². The molecule has 28 heavy (non-hydrogen) atoms. The number of ether oxygens (including phenoxy) is 1. The minimum absolute atomic E-state index is 0.00449. The Morgan fingerprint density at radius 1 is 1.18 bits per heavy atom. The predicted octanol–water partition coefficient (Wildman–Crippen LogP) is 5.03. The van der Waals surface area contributed by atoms with Crippen LogP contribution in [-0.4, -0.2) is 17.7 Å². The van der Waals surface area contributed by atoms with Gasteiger partial charge in [-0.3, -0.25) is 4.79 Å². The number of carbonyl (C=O) groups excluding carboxylic acids is 1. The van der Waals surface area contributed by atoms with Gasteiger partial charge in [-0.1, -0.05) is 35.0 Å². The molecule has 0 unspecified atom stereocenters. The molecule has 3 aromatic rings. The Morgan fingerprint density at radius 2 is 1.96 bits per heavy atom. The fourth-order valence-corrected chi connectivity index (χ4v) is 3.00. The fraction of sp³-hybridized carbons (Fsp3) is 0.273. The molecule has 0 atom stereocenters. The summed E-state index contributed by atoms with van der Waals surface area (Å²) in [5.74, 6) is 1.53. The second-order valence-corrected chi connectivity index (χ2v) is 6.77. The molecule has 0 aliphatic carbocycles. The van der Waals surface area contributed by atoms with Crippen LogP contribution >= 0.6 is 11.6 Å². The van der Waals surface area contributed by atoms with Crippen molar-refractivity contribution < 1.29 is 14.1 Å². The summed E-state index contributed by atoms with van der Waals surface area (Å²) < 4.78 is 10.9. The lowest BCUT2D eigenvalue weighted by Crippen LogP contribution is -2.22. The van der Waals surface area contributed by atoms with Crippen LogP contribution in [-0.2, 0) is 17.8 Å². The molecular formula is C22H23ClN2O3. The van der Waals surface area contributed by atoms with Crippen molar-refractivity contribution in [1.82, 2.24) is 10.5 Å². The van der Waals surface area contributed by atoms with Gasteiger partial charge < -0.3 is 14.6 Å². The van der Waals surface area contributed by atoms with Crippen molar-refractivity contribution in [3.05, 3.63) is 70.9 Å². The molecule has 0 saturated carbocycles. The zero-order valence-corrected chi connectivity index (χ0v) is 16.5. The van der Waals surface area contributed by atoms with E-state index in [-0.39, 0.29) is 5.91 Å². The number of nitrogens with zero attached hydrogens (tertiary/aromatic N) is 1. The SMILES string of the molecule is CCOc1ccc(-c2cc(CCCC(=O)NCc3ccccc3Cl)no2)cc1. The second kappa shape index (κ2) is 9.95. The third-order valence-corrected chi connectivity index (χ3v) is 4.65. The third kappa shape index (κ3) is 5.60. The molecule has 2 aromatic carbocycles. The maximum absolute atomic E-state index is 12.0. The number of aryl methyl sites for hydroxylation is 1. The Labute approximate surface area is 169 Å². The van der Waals surface area contributed by atoms with E-state index >= 15 is 0 Å². The standard InChI is InChI=1S/C22H23ClN2O3/c1-2-27-19-12-10-16(11-13-19)21-14-18(25-28-21)7-5-9-22(26)24-15-17-6-3-4-8-20(17)23/h3-4,6,8,10-14H,2,5,7,9,15H2,1H3,(H,24,26). The first-order valence-electron chi connectivity index (χ1n) is 9.34. The first-order valence-corrected chi connectivity index (χ1v) is 9.72. The molecule has 3 rings (SSSR count). The molecule has 1 heterocycles. The zero-order chi connectivity index (χ0) is 19.8. The zero-order valence-electron chi connectivity index (χ0n) is 15.8. The number of aromatic nitrogens is 1. The predicted molar refractivity (Wildman–Crippen MR) is 109 cm³/mol. The van der Waals surface area contributed by atoms with Gasteiger partial charge in [0.25, 0.3) is 0 Å². The van der Waals surface area contributed by atoms with Gasteiger partial charge in [-0.2, -0.15) is 0 Å². The monoisotopic (exact) mass is 398 g/mol. The van der Waals surface area contributed by atoms with Gasteiger partial charge in [-0.25, -0.2) is 0 Å². The van der Waals surface area contributed by atoms with Gasteiger partial charge in [0.05, 0.1) is 12.3 Å². The average Bonchev–Trinajstić information content (AvgIpc) is 3.17. The van der Waals surface area contributed by atoms with Crippen molar-refractivity contribution in [2.45, 2.75) is 32.7 Å². The molecular weight excluding hydrogens is 376 g/mol. The summed E-state index contributed by atoms with van der Waals surface area (Å²) in [6.45, 7) is 3.02. The number of amides is 1. The highest BCUT2D eigenvalue weighted by molar-refractivity contribution is 6.31. The highest BCUT2D eigenvalue weighted by Gasteiger charge is 2.09. The Morgan fingerprint density at radius 3 is 2.71 bits per heavy atom. The van der Waals surface area contributed by atoms with Gasteiger partial charge >= 0.3 is 0 Å². The summed E-state index contributed by atoms with van der Waals surface area (Å²) >= 11 is 6.09. The summed E-state index contributed by atoms with van der Waals surface area (Å²) in [4.78, 5) is 12.0. The van der Waals surface area contributed by atoms with E-state index in [9.17, 15) is 4.79 Å². The lowest BCUT2D eigenvalue weighted by atomic mass is 10.1. The third-order valence-electron chi connectivity index (χ3n) is 4.28. The van der Waals surface area contributed by atoms with Crippen molar-refractivity contribution in [3.8, 4) is 17.1 Å². The largest absolute Gasteiger partial charge is 0.494 e. The lowest BCUT2D eigenvalue weighted by Gasteiger charge is -2.06. The number of nitrogens with one attached hydrogen (secondary N) is 1. The molecule has 1 aromatic heterocycles. The van der Waals surface area contributed by atoms with Crippen LogP contribution in [0.2, 0.25) is 5.02 Å². The van der Waals surface area contributed by atoms with Crippen molar-refractivity contribution in [2.24, 2.45) is 0 Å². The smallest absolute Gasteiger partial charge is 0.220 e. The van der Waals surface area contributed by atoms with Crippen LogP contribution < -0.4 is 10.1 Å². The summed E-state index contributed by atoms with van der Waals surface area (Å²) in [5, 5.41) is 7.65. The van der Waals surface area contributed by atoms with Crippen LogP contribution in [0.25, 0.3) is 11.3 Å². The average molecular weight is 399 g/mol. The minimum Gasteiger partial charge on any atom is -0.494 e. The van der Waals surface area contributed by atoms with Gasteiger partial charge in [-0.05, 0) is 55.7 Å². The molecule has 0 fully saturated rings. The summed E-state index contributed by atoms with van der Waals surface area (Å²) in [6.07, 6.45) is 1.80. The van der Waals surface area contributed by atoms with Gasteiger partial charge in [0.15, 0.2) is 5.76 Å². The minimum atomic E-state index is -0.00449. The van der Waals surface area contributed by atoms with E-state index in [4.69, 9.17) is 20.9 Å². The van der Waals surface area contributed by atoms with Crippen molar-refractivity contribution in [2.75, 3.05) is 6.61 Å². The number of benzene rings is 2. The van der Waals surface area contributed by atoms with E-state index < -0.39 is 0 Å². The molecule has 0 radical (unpaired) electrons. The first kappa shape index (κ1) is 20.0. The van der Waals surface area contributed by atoms with E-state index in [2.05, 4.69) is 10.5 Å². The summed E-state index contributed by atoms with van der Waals surface area (Å²) in [6, 6.07) is 17.1. The Hall–Kier alpha value is -2.79. The van der Waals surface area contributed by atoms with E-state index in [1.807, 2.05) is 61.5 Å². The highest BCUT2D eigenvalue weighted by Crippen LogP contribution is 2.23. The molecule has 0 aliphatic rings. The number of halogens is 1. The van der Waals surface area contributed by atoms with Gasteiger partial charge in [0.2, 0.25) is 5.91 Å². The quantitative estimate of drug-likeness (QED) is 0.548. The van der Waals surface area contributed by atoms with Crippen LogP contribution in [0.3, 0.4) is 0 Å². The van der Waals surface area contributed by atoms with Gasteiger partial charge in [0, 0.05) is 29.6 Å². The van der Waals surface area contributed by atoms with E-state index in [1.165, 1.54) is 0 Å². The Kier molecular flexibility index (Phi) is 7.09. The molecule has 0 saturated heterocycles. The molecule has 0 aliphatic heterocycles. The topological polar surface area (TPSA) is 64.4 Å². The maximum Gasteiger partial charge on any atom is 0.220 e. The number of hydrogen-bond acceptors (Lipinski definition) is 4. The highest BCUT2D eigenvalue weighted by atomic mass is 35.5. The maximum atomic E-state index is 12.0. The molecule has 1 amide bonds. The van der Waals surface area contributed by atoms with Crippen molar-refractivity contribution in [1.29, 1.82) is 0 Å². The molecule has 146 valence electrons. The molecule has 0 bridgehead atoms. The van der Waals surface area contributed by atoms with Crippen LogP contribution in [0.1, 0.15) is 31.0 Å². The molecule has 1 N–H and O–H groups in total. The Balaban J connectivity index is 1.44. The lowest BCUT2D eigenvalue weighted by molar-refractivity contribution is -0.121. The number of hydrogen-bond donors (Lipinski definition) is 1. The fourth-order valence-electron chi connectivity index (χ4n) is 2.80. The van der Waals surface area contributed by atoms with Gasteiger partial charge in [0.1, 0.15) is 5.75 Å². The van der Waals surface area contributed by atoms with Crippen LogP contribution in [0.5, 0.6) is 5.75 Å². The molecule has 0 spiro atoms. The Bertz CT molecular complexity index is 906. The van der Waals surface area contributed by atoms with Crippen LogP contribution in [0.4, 0.5) is 0 Å². The molecule has 5 nitrogen and oxygen atoms in total. The van der Waals surface area contributed by atoms with Crippen molar-refractivity contribution >= 4 is 17.5 Å². The normalized spacial score (nSPS) is 10.6. The first-order chi connectivity index (χ1) is 13.7. The van der Waals surface area contributed by atoms with Crippen molar-refractivity contribution in [3.63, 3.8) is 0 Å².